The number of hydrogen-bond donors (Lipinski definition) is 0. The molecule has 0 aliphatic carbocycles. The molecular weight excluding hydrogens is 274 g/mol. The van der Waals surface area contributed by atoms with E-state index in [0.717, 1.165) is 30.7 Å². The lowest BCUT2D eigenvalue weighted by molar-refractivity contribution is -0.137. The summed E-state index contributed by atoms with van der Waals surface area (Å²) >= 11 is 1.65. The molecule has 1 aromatic heterocycles. The monoisotopic (exact) mass is 295 g/mol. The molecule has 4 nitrogen and oxygen atoms in total. The van der Waals surface area contributed by atoms with E-state index >= 15 is 0 Å². The number of amides is 1. The number of methoxy groups -OCH3 is 1. The normalized spacial score (nSPS) is 29.4. The van der Waals surface area contributed by atoms with Gasteiger partial charge < -0.3 is 14.4 Å². The van der Waals surface area contributed by atoms with E-state index in [1.165, 1.54) is 0 Å². The van der Waals surface area contributed by atoms with Crippen LogP contribution in [0.4, 0.5) is 0 Å². The van der Waals surface area contributed by atoms with E-state index in [4.69, 9.17) is 9.47 Å². The van der Waals surface area contributed by atoms with E-state index in [-0.39, 0.29) is 24.2 Å². The lowest BCUT2D eigenvalue weighted by atomic mass is 9.99. The first kappa shape index (κ1) is 14.0. The number of fused-ring (bicyclic) bond motifs is 1. The number of thiophene rings is 1. The average Bonchev–Trinajstić information content (AvgIpc) is 3.07. The highest BCUT2D eigenvalue weighted by atomic mass is 32.1. The third kappa shape index (κ3) is 2.90. The molecule has 2 fully saturated rings. The van der Waals surface area contributed by atoms with Crippen LogP contribution in [-0.2, 0) is 20.7 Å². The summed E-state index contributed by atoms with van der Waals surface area (Å²) < 4.78 is 11.2. The summed E-state index contributed by atoms with van der Waals surface area (Å²) in [5.74, 6) is 0.244. The number of nitrogens with zero attached hydrogens (tertiary/aromatic N) is 1. The Kier molecular flexibility index (Phi) is 4.38. The van der Waals surface area contributed by atoms with Crippen LogP contribution in [0.3, 0.4) is 0 Å². The van der Waals surface area contributed by atoms with Crippen LogP contribution in [0.15, 0.2) is 17.5 Å². The van der Waals surface area contributed by atoms with Crippen molar-refractivity contribution >= 4 is 17.2 Å². The van der Waals surface area contributed by atoms with Gasteiger partial charge in [0.1, 0.15) is 0 Å². The molecule has 3 atom stereocenters. The van der Waals surface area contributed by atoms with Gasteiger partial charge in [0, 0.05) is 18.5 Å². The highest BCUT2D eigenvalue weighted by Gasteiger charge is 2.41. The molecule has 0 unspecified atom stereocenters. The Morgan fingerprint density at radius 2 is 2.40 bits per heavy atom. The second kappa shape index (κ2) is 6.24. The molecule has 2 saturated heterocycles. The van der Waals surface area contributed by atoms with Gasteiger partial charge in [-0.05, 0) is 30.7 Å². The molecule has 2 aliphatic heterocycles. The van der Waals surface area contributed by atoms with Crippen molar-refractivity contribution in [3.63, 3.8) is 0 Å². The van der Waals surface area contributed by atoms with Gasteiger partial charge in [-0.1, -0.05) is 6.07 Å². The van der Waals surface area contributed by atoms with Crippen LogP contribution >= 0.6 is 11.3 Å². The van der Waals surface area contributed by atoms with Gasteiger partial charge >= 0.3 is 0 Å². The zero-order valence-electron chi connectivity index (χ0n) is 11.8. The molecule has 2 aliphatic rings. The Hall–Kier alpha value is -0.910. The van der Waals surface area contributed by atoms with Crippen molar-refractivity contribution < 1.29 is 14.3 Å². The summed E-state index contributed by atoms with van der Waals surface area (Å²) in [6, 6.07) is 4.30. The van der Waals surface area contributed by atoms with E-state index in [0.29, 0.717) is 13.0 Å². The molecule has 0 saturated carbocycles. The highest BCUT2D eigenvalue weighted by Crippen LogP contribution is 2.32. The minimum absolute atomic E-state index is 0.202. The summed E-state index contributed by atoms with van der Waals surface area (Å²) in [6.07, 6.45) is 3.92. The first-order valence-corrected chi connectivity index (χ1v) is 8.12. The number of hydrogen-bond acceptors (Lipinski definition) is 4. The fourth-order valence-corrected chi connectivity index (χ4v) is 3.98. The molecule has 0 spiro atoms. The van der Waals surface area contributed by atoms with Crippen molar-refractivity contribution in [2.75, 3.05) is 20.3 Å². The Labute approximate surface area is 123 Å². The van der Waals surface area contributed by atoms with Gasteiger partial charge in [-0.25, -0.2) is 0 Å². The van der Waals surface area contributed by atoms with Crippen molar-refractivity contribution in [2.24, 2.45) is 0 Å². The van der Waals surface area contributed by atoms with Crippen molar-refractivity contribution in [2.45, 2.75) is 43.9 Å². The van der Waals surface area contributed by atoms with Gasteiger partial charge in [-0.3, -0.25) is 4.79 Å². The first-order valence-electron chi connectivity index (χ1n) is 7.24. The smallest absolute Gasteiger partial charge is 0.228 e. The van der Waals surface area contributed by atoms with E-state index in [1.807, 2.05) is 22.4 Å². The molecule has 20 heavy (non-hydrogen) atoms. The molecule has 1 amide bonds. The molecule has 0 aromatic carbocycles. The van der Waals surface area contributed by atoms with Gasteiger partial charge in [0.15, 0.2) is 0 Å². The topological polar surface area (TPSA) is 38.8 Å². The van der Waals surface area contributed by atoms with Crippen molar-refractivity contribution in [3.05, 3.63) is 22.4 Å². The Bertz CT molecular complexity index is 448. The quantitative estimate of drug-likeness (QED) is 0.854. The second-order valence-electron chi connectivity index (χ2n) is 5.53. The van der Waals surface area contributed by atoms with Crippen molar-refractivity contribution in [1.82, 2.24) is 4.90 Å². The first-order chi connectivity index (χ1) is 9.78. The van der Waals surface area contributed by atoms with Gasteiger partial charge in [-0.2, -0.15) is 0 Å². The van der Waals surface area contributed by atoms with Crippen LogP contribution in [0.5, 0.6) is 0 Å². The van der Waals surface area contributed by atoms with Crippen molar-refractivity contribution in [3.8, 4) is 0 Å². The summed E-state index contributed by atoms with van der Waals surface area (Å²) in [5, 5.41) is 2.02. The van der Waals surface area contributed by atoms with Crippen molar-refractivity contribution in [1.29, 1.82) is 0 Å². The van der Waals surface area contributed by atoms with E-state index in [1.54, 1.807) is 18.4 Å². The minimum Gasteiger partial charge on any atom is -0.382 e. The van der Waals surface area contributed by atoms with Crippen LogP contribution < -0.4 is 0 Å². The lowest BCUT2D eigenvalue weighted by Crippen LogP contribution is -2.46. The molecule has 3 rings (SSSR count). The fourth-order valence-electron chi connectivity index (χ4n) is 3.28. The summed E-state index contributed by atoms with van der Waals surface area (Å²) in [4.78, 5) is 15.6. The number of ether oxygens (including phenoxy) is 2. The summed E-state index contributed by atoms with van der Waals surface area (Å²) in [6.45, 7) is 1.49. The number of likely N-dealkylation sites (tertiary alicyclic amines) is 1. The van der Waals surface area contributed by atoms with Crippen LogP contribution in [0.25, 0.3) is 0 Å². The number of carbonyl (C=O) groups excluding carboxylic acids is 1. The predicted octanol–water partition coefficient (Wildman–Crippen LogP) is 2.09. The zero-order chi connectivity index (χ0) is 13.9. The number of carbonyl (C=O) groups is 1. The zero-order valence-corrected chi connectivity index (χ0v) is 12.6. The molecule has 1 aromatic rings. The van der Waals surface area contributed by atoms with Gasteiger partial charge in [0.2, 0.25) is 5.91 Å². The van der Waals surface area contributed by atoms with Crippen LogP contribution in [0.2, 0.25) is 0 Å². The lowest BCUT2D eigenvalue weighted by Gasteiger charge is -2.35. The molecule has 0 bridgehead atoms. The minimum atomic E-state index is 0.202. The number of rotatable bonds is 4. The molecule has 3 heterocycles. The molecule has 5 heteroatoms. The molecule has 110 valence electrons. The third-order valence-corrected chi connectivity index (χ3v) is 5.09. The van der Waals surface area contributed by atoms with E-state index in [2.05, 4.69) is 0 Å². The van der Waals surface area contributed by atoms with Gasteiger partial charge in [0.25, 0.3) is 0 Å². The van der Waals surface area contributed by atoms with Crippen LogP contribution in [0, 0.1) is 0 Å². The largest absolute Gasteiger partial charge is 0.382 e. The Balaban J connectivity index is 1.58. The Morgan fingerprint density at radius 1 is 1.50 bits per heavy atom. The maximum atomic E-state index is 12.4. The predicted molar refractivity (Wildman–Crippen MR) is 77.9 cm³/mol. The second-order valence-corrected chi connectivity index (χ2v) is 6.56. The maximum Gasteiger partial charge on any atom is 0.228 e. The average molecular weight is 295 g/mol. The van der Waals surface area contributed by atoms with E-state index < -0.39 is 0 Å². The molecular formula is C15H21NO3S. The standard InChI is InChI=1S/C15H21NO3S/c1-18-10-11-4-5-13-14(19-11)6-7-16(13)15(17)9-12-3-2-8-20-12/h2-3,8,11,13-14H,4-7,9-10H2,1H3/t11-,13-,14-/m0/s1. The van der Waals surface area contributed by atoms with Gasteiger partial charge in [0.05, 0.1) is 31.3 Å². The summed E-state index contributed by atoms with van der Waals surface area (Å²) in [7, 11) is 1.71. The van der Waals surface area contributed by atoms with Crippen LogP contribution in [0.1, 0.15) is 24.1 Å². The SMILES string of the molecule is COC[C@@H]1CC[C@H]2[C@H](CCN2C(=O)Cc2cccs2)O1. The Morgan fingerprint density at radius 3 is 3.15 bits per heavy atom. The highest BCUT2D eigenvalue weighted by molar-refractivity contribution is 7.10. The molecule has 0 radical (unpaired) electrons. The van der Waals surface area contributed by atoms with Crippen LogP contribution in [-0.4, -0.2) is 49.3 Å². The third-order valence-electron chi connectivity index (χ3n) is 4.21. The maximum absolute atomic E-state index is 12.4. The molecule has 0 N–H and O–H groups in total. The summed E-state index contributed by atoms with van der Waals surface area (Å²) in [5.41, 5.74) is 0. The van der Waals surface area contributed by atoms with Gasteiger partial charge in [-0.15, -0.1) is 11.3 Å². The van der Waals surface area contributed by atoms with E-state index in [9.17, 15) is 4.79 Å². The fraction of sp³-hybridized carbons (Fsp3) is 0.667.